The van der Waals surface area contributed by atoms with Crippen LogP contribution in [0.5, 0.6) is 0 Å². The molecular formula is C16H20Li. The summed E-state index contributed by atoms with van der Waals surface area (Å²) in [5.41, 5.74) is 6.16. The molecule has 1 aromatic carbocycles. The summed E-state index contributed by atoms with van der Waals surface area (Å²) in [4.78, 5) is 0. The maximum absolute atomic E-state index is 2.45. The van der Waals surface area contributed by atoms with E-state index in [0.29, 0.717) is 0 Å². The van der Waals surface area contributed by atoms with Crippen molar-refractivity contribution in [1.29, 1.82) is 0 Å². The standard InChI is InChI=1S/C16H19.Li.H/c1-11(2)8-14-6-7-15-9-12-4-3-5-13(12)10-16(14)15;;/h6-7,9-11H,3-5,8H2,1-2H3;;. The zero-order valence-electron chi connectivity index (χ0n) is 10.2. The second-order valence-electron chi connectivity index (χ2n) is 5.52. The summed E-state index contributed by atoms with van der Waals surface area (Å²) in [5, 5.41) is 0. The molecule has 0 nitrogen and oxygen atoms in total. The summed E-state index contributed by atoms with van der Waals surface area (Å²) in [6.45, 7) is 4.60. The molecule has 0 aromatic heterocycles. The molecule has 1 radical (unpaired) electrons. The average molecular weight is 219 g/mol. The number of hydrogen-bond donors (Lipinski definition) is 0. The summed E-state index contributed by atoms with van der Waals surface area (Å²) in [6.07, 6.45) is 9.75. The van der Waals surface area contributed by atoms with Crippen LogP contribution in [-0.2, 0) is 12.8 Å². The van der Waals surface area contributed by atoms with Gasteiger partial charge in [-0.05, 0) is 53.9 Å². The van der Waals surface area contributed by atoms with Crippen LogP contribution in [0.1, 0.15) is 48.9 Å². The third-order valence-electron chi connectivity index (χ3n) is 3.70. The fourth-order valence-electron chi connectivity index (χ4n) is 2.96. The molecule has 0 fully saturated rings. The minimum absolute atomic E-state index is 0. The van der Waals surface area contributed by atoms with E-state index in [4.69, 9.17) is 0 Å². The number of fused-ring (bicyclic) bond motifs is 2. The third kappa shape index (κ3) is 2.39. The molecule has 0 atom stereocenters. The first-order chi connectivity index (χ1) is 7.74. The Kier molecular flexibility index (Phi) is 3.86. The molecule has 0 spiro atoms. The van der Waals surface area contributed by atoms with Crippen LogP contribution in [0.3, 0.4) is 0 Å². The van der Waals surface area contributed by atoms with Gasteiger partial charge in [0.05, 0.1) is 0 Å². The number of rotatable bonds is 2. The molecule has 0 N–H and O–H groups in total. The first kappa shape index (κ1) is 13.0. The Balaban J connectivity index is 0.00000108. The Morgan fingerprint density at radius 3 is 2.47 bits per heavy atom. The fraction of sp³-hybridized carbons (Fsp3) is 0.438. The molecule has 0 saturated heterocycles. The van der Waals surface area contributed by atoms with Gasteiger partial charge in [-0.2, -0.15) is 0 Å². The van der Waals surface area contributed by atoms with Crippen molar-refractivity contribution < 1.29 is 0 Å². The van der Waals surface area contributed by atoms with Crippen molar-refractivity contribution in [3.63, 3.8) is 0 Å². The predicted molar refractivity (Wildman–Crippen MR) is 76.5 cm³/mol. The van der Waals surface area contributed by atoms with E-state index in [1.54, 1.807) is 17.0 Å². The van der Waals surface area contributed by atoms with Crippen molar-refractivity contribution >= 4 is 24.9 Å². The van der Waals surface area contributed by atoms with E-state index in [1.165, 1.54) is 36.8 Å². The second kappa shape index (κ2) is 5.05. The van der Waals surface area contributed by atoms with E-state index in [-0.39, 0.29) is 18.9 Å². The van der Waals surface area contributed by atoms with Crippen LogP contribution in [0, 0.1) is 11.8 Å². The summed E-state index contributed by atoms with van der Waals surface area (Å²) in [5.74, 6) is 2.29. The van der Waals surface area contributed by atoms with Gasteiger partial charge < -0.3 is 0 Å². The number of benzene rings is 1. The van der Waals surface area contributed by atoms with Crippen molar-refractivity contribution in [3.8, 4) is 0 Å². The van der Waals surface area contributed by atoms with Gasteiger partial charge in [-0.15, -0.1) is 0 Å². The quantitative estimate of drug-likeness (QED) is 0.667. The summed E-state index contributed by atoms with van der Waals surface area (Å²) >= 11 is 0. The molecule has 1 heteroatoms. The van der Waals surface area contributed by atoms with E-state index in [1.807, 2.05) is 0 Å². The van der Waals surface area contributed by atoms with Crippen LogP contribution in [-0.4, -0.2) is 18.9 Å². The third-order valence-corrected chi connectivity index (χ3v) is 3.70. The van der Waals surface area contributed by atoms with Crippen LogP contribution in [0.2, 0.25) is 0 Å². The molecular weight excluding hydrogens is 199 g/mol. The minimum atomic E-state index is 0. The summed E-state index contributed by atoms with van der Waals surface area (Å²) in [7, 11) is 0. The van der Waals surface area contributed by atoms with E-state index in [0.717, 1.165) is 5.92 Å². The zero-order valence-corrected chi connectivity index (χ0v) is 10.2. The molecule has 2 aliphatic carbocycles. The van der Waals surface area contributed by atoms with Gasteiger partial charge >= 0.3 is 18.9 Å². The SMILES string of the molecule is CC(C)C[C]1C=Cc2cc3c(cc21)CCC3.[LiH]. The van der Waals surface area contributed by atoms with E-state index < -0.39 is 0 Å². The van der Waals surface area contributed by atoms with Gasteiger partial charge in [0.15, 0.2) is 0 Å². The first-order valence-electron chi connectivity index (χ1n) is 6.44. The molecule has 85 valence electrons. The molecule has 17 heavy (non-hydrogen) atoms. The molecule has 0 unspecified atom stereocenters. The molecule has 0 aliphatic heterocycles. The number of hydrogen-bond acceptors (Lipinski definition) is 0. The monoisotopic (exact) mass is 219 g/mol. The Morgan fingerprint density at radius 1 is 1.06 bits per heavy atom. The Labute approximate surface area is 117 Å². The normalized spacial score (nSPS) is 17.1. The molecule has 0 bridgehead atoms. The Bertz CT molecular complexity index is 443. The second-order valence-corrected chi connectivity index (χ2v) is 5.52. The maximum atomic E-state index is 2.45. The van der Waals surface area contributed by atoms with Gasteiger partial charge in [0.25, 0.3) is 0 Å². The van der Waals surface area contributed by atoms with Gasteiger partial charge in [-0.1, -0.05) is 38.1 Å². The van der Waals surface area contributed by atoms with Gasteiger partial charge in [0, 0.05) is 5.92 Å². The first-order valence-corrected chi connectivity index (χ1v) is 6.44. The zero-order chi connectivity index (χ0) is 11.1. The molecule has 0 saturated carbocycles. The van der Waals surface area contributed by atoms with Crippen LogP contribution < -0.4 is 0 Å². The molecule has 0 amide bonds. The summed E-state index contributed by atoms with van der Waals surface area (Å²) < 4.78 is 0. The predicted octanol–water partition coefficient (Wildman–Crippen LogP) is 3.52. The molecule has 3 rings (SSSR count). The number of allylic oxidation sites excluding steroid dienone is 1. The fourth-order valence-corrected chi connectivity index (χ4v) is 2.96. The number of aryl methyl sites for hydroxylation is 2. The van der Waals surface area contributed by atoms with Gasteiger partial charge in [0.2, 0.25) is 0 Å². The van der Waals surface area contributed by atoms with E-state index >= 15 is 0 Å². The van der Waals surface area contributed by atoms with Gasteiger partial charge in [-0.25, -0.2) is 0 Å². The average Bonchev–Trinajstić information content (AvgIpc) is 2.81. The Hall–Kier alpha value is -0.443. The molecule has 1 aromatic rings. The summed E-state index contributed by atoms with van der Waals surface area (Å²) in [6, 6.07) is 4.87. The molecule has 0 heterocycles. The van der Waals surface area contributed by atoms with Gasteiger partial charge in [-0.3, -0.25) is 0 Å². The van der Waals surface area contributed by atoms with E-state index in [9.17, 15) is 0 Å². The van der Waals surface area contributed by atoms with Crippen molar-refractivity contribution in [2.24, 2.45) is 5.92 Å². The van der Waals surface area contributed by atoms with E-state index in [2.05, 4.69) is 38.1 Å². The van der Waals surface area contributed by atoms with Crippen LogP contribution >= 0.6 is 0 Å². The molecule has 2 aliphatic rings. The topological polar surface area (TPSA) is 0 Å². The van der Waals surface area contributed by atoms with Crippen molar-refractivity contribution in [3.05, 3.63) is 46.4 Å². The van der Waals surface area contributed by atoms with Gasteiger partial charge in [0.1, 0.15) is 0 Å². The van der Waals surface area contributed by atoms with Crippen LogP contribution in [0.4, 0.5) is 0 Å². The van der Waals surface area contributed by atoms with Crippen molar-refractivity contribution in [1.82, 2.24) is 0 Å². The van der Waals surface area contributed by atoms with Crippen molar-refractivity contribution in [2.75, 3.05) is 0 Å². The van der Waals surface area contributed by atoms with Crippen LogP contribution in [0.25, 0.3) is 6.08 Å². The van der Waals surface area contributed by atoms with Crippen LogP contribution in [0.15, 0.2) is 18.2 Å². The Morgan fingerprint density at radius 2 is 1.76 bits per heavy atom. The van der Waals surface area contributed by atoms with Crippen molar-refractivity contribution in [2.45, 2.75) is 39.5 Å².